The minimum Gasteiger partial charge on any atom is -0.494 e. The minimum atomic E-state index is -3.42. The summed E-state index contributed by atoms with van der Waals surface area (Å²) in [7, 11) is -1.64. The van der Waals surface area contributed by atoms with Crippen LogP contribution in [0.5, 0.6) is 5.75 Å². The van der Waals surface area contributed by atoms with Gasteiger partial charge in [-0.25, -0.2) is 13.1 Å². The summed E-state index contributed by atoms with van der Waals surface area (Å²) in [4.78, 5) is 0.252. The van der Waals surface area contributed by atoms with Crippen molar-refractivity contribution < 1.29 is 13.2 Å². The molecule has 0 saturated heterocycles. The van der Waals surface area contributed by atoms with Gasteiger partial charge in [0.25, 0.3) is 0 Å². The van der Waals surface area contributed by atoms with Gasteiger partial charge in [-0.1, -0.05) is 6.92 Å². The van der Waals surface area contributed by atoms with Crippen molar-refractivity contribution in [3.8, 4) is 5.75 Å². The molecule has 0 aliphatic rings. The molecule has 18 heavy (non-hydrogen) atoms. The highest BCUT2D eigenvalue weighted by Gasteiger charge is 2.12. The number of sulfonamides is 1. The smallest absolute Gasteiger partial charge is 0.240 e. The normalized spacial score (nSPS) is 11.4. The summed E-state index contributed by atoms with van der Waals surface area (Å²) in [5.74, 6) is 0.686. The highest BCUT2D eigenvalue weighted by Crippen LogP contribution is 2.15. The van der Waals surface area contributed by atoms with Crippen molar-refractivity contribution in [2.45, 2.75) is 18.2 Å². The third-order valence-corrected chi connectivity index (χ3v) is 3.75. The molecule has 102 valence electrons. The van der Waals surface area contributed by atoms with Gasteiger partial charge in [-0.3, -0.25) is 0 Å². The summed E-state index contributed by atoms with van der Waals surface area (Å²) in [6, 6.07) is 6.43. The number of rotatable bonds is 8. The van der Waals surface area contributed by atoms with E-state index in [1.165, 1.54) is 0 Å². The lowest BCUT2D eigenvalue weighted by Crippen LogP contribution is -2.30. The fourth-order valence-corrected chi connectivity index (χ4v) is 2.36. The highest BCUT2D eigenvalue weighted by molar-refractivity contribution is 7.89. The lowest BCUT2D eigenvalue weighted by atomic mass is 10.3. The molecule has 0 spiro atoms. The van der Waals surface area contributed by atoms with E-state index in [2.05, 4.69) is 10.0 Å². The Morgan fingerprint density at radius 1 is 1.17 bits per heavy atom. The predicted molar refractivity (Wildman–Crippen MR) is 71.3 cm³/mol. The molecule has 0 saturated carbocycles. The van der Waals surface area contributed by atoms with Crippen molar-refractivity contribution in [1.29, 1.82) is 0 Å². The molecule has 1 aromatic carbocycles. The SMILES string of the molecule is CCCOc1ccc(S(=O)(=O)NCCNC)cc1. The van der Waals surface area contributed by atoms with Crippen LogP contribution in [0.15, 0.2) is 29.2 Å². The van der Waals surface area contributed by atoms with Gasteiger partial charge in [-0.2, -0.15) is 0 Å². The predicted octanol–water partition coefficient (Wildman–Crippen LogP) is 0.973. The van der Waals surface area contributed by atoms with E-state index < -0.39 is 10.0 Å². The van der Waals surface area contributed by atoms with Crippen LogP contribution in [0.1, 0.15) is 13.3 Å². The molecular formula is C12H20N2O3S. The summed E-state index contributed by atoms with van der Waals surface area (Å²) < 4.78 is 31.6. The second-order valence-electron chi connectivity index (χ2n) is 3.82. The Balaban J connectivity index is 2.65. The third kappa shape index (κ3) is 4.64. The fourth-order valence-electron chi connectivity index (χ4n) is 1.33. The van der Waals surface area contributed by atoms with Crippen molar-refractivity contribution in [1.82, 2.24) is 10.0 Å². The first-order valence-electron chi connectivity index (χ1n) is 5.97. The molecule has 0 radical (unpaired) electrons. The van der Waals surface area contributed by atoms with E-state index in [1.807, 2.05) is 6.92 Å². The first-order valence-corrected chi connectivity index (χ1v) is 7.45. The first kappa shape index (κ1) is 14.9. The Bertz CT molecular complexity index is 443. The summed E-state index contributed by atoms with van der Waals surface area (Å²) in [5, 5.41) is 2.88. The third-order valence-electron chi connectivity index (χ3n) is 2.27. The van der Waals surface area contributed by atoms with Gasteiger partial charge in [-0.15, -0.1) is 0 Å². The van der Waals surface area contributed by atoms with Crippen molar-refractivity contribution in [2.75, 3.05) is 26.7 Å². The van der Waals surface area contributed by atoms with E-state index in [-0.39, 0.29) is 4.90 Å². The van der Waals surface area contributed by atoms with Gasteiger partial charge >= 0.3 is 0 Å². The number of likely N-dealkylation sites (N-methyl/N-ethyl adjacent to an activating group) is 1. The highest BCUT2D eigenvalue weighted by atomic mass is 32.2. The summed E-state index contributed by atoms with van der Waals surface area (Å²) in [6.07, 6.45) is 0.922. The minimum absolute atomic E-state index is 0.252. The maximum absolute atomic E-state index is 11.9. The van der Waals surface area contributed by atoms with Crippen molar-refractivity contribution >= 4 is 10.0 Å². The van der Waals surface area contributed by atoms with E-state index in [9.17, 15) is 8.42 Å². The maximum Gasteiger partial charge on any atom is 0.240 e. The monoisotopic (exact) mass is 272 g/mol. The molecule has 0 atom stereocenters. The van der Waals surface area contributed by atoms with Crippen LogP contribution in [-0.2, 0) is 10.0 Å². The van der Waals surface area contributed by atoms with Crippen LogP contribution in [0, 0.1) is 0 Å². The topological polar surface area (TPSA) is 67.4 Å². The number of hydrogen-bond acceptors (Lipinski definition) is 4. The zero-order valence-electron chi connectivity index (χ0n) is 10.8. The van der Waals surface area contributed by atoms with Gasteiger partial charge in [0.05, 0.1) is 11.5 Å². The lowest BCUT2D eigenvalue weighted by Gasteiger charge is -2.08. The molecule has 6 heteroatoms. The standard InChI is InChI=1S/C12H20N2O3S/c1-3-10-17-11-4-6-12(7-5-11)18(15,16)14-9-8-13-2/h4-7,13-14H,3,8-10H2,1-2H3. The Morgan fingerprint density at radius 2 is 1.83 bits per heavy atom. The van der Waals surface area contributed by atoms with Gasteiger partial charge in [0.2, 0.25) is 10.0 Å². The largest absolute Gasteiger partial charge is 0.494 e. The molecule has 1 aromatic rings. The number of benzene rings is 1. The van der Waals surface area contributed by atoms with Crippen molar-refractivity contribution in [2.24, 2.45) is 0 Å². The Labute approximate surface area is 109 Å². The van der Waals surface area contributed by atoms with E-state index in [0.717, 1.165) is 6.42 Å². The molecule has 0 bridgehead atoms. The molecule has 1 rings (SSSR count). The van der Waals surface area contributed by atoms with E-state index in [4.69, 9.17) is 4.74 Å². The molecule has 5 nitrogen and oxygen atoms in total. The molecule has 0 heterocycles. The molecule has 0 amide bonds. The molecule has 0 aliphatic carbocycles. The van der Waals surface area contributed by atoms with Crippen LogP contribution < -0.4 is 14.8 Å². The zero-order chi connectivity index (χ0) is 13.4. The summed E-state index contributed by atoms with van der Waals surface area (Å²) >= 11 is 0. The number of ether oxygens (including phenoxy) is 1. The molecule has 0 aromatic heterocycles. The van der Waals surface area contributed by atoms with Crippen LogP contribution in [-0.4, -0.2) is 35.2 Å². The van der Waals surface area contributed by atoms with Crippen LogP contribution in [0.4, 0.5) is 0 Å². The Morgan fingerprint density at radius 3 is 2.39 bits per heavy atom. The zero-order valence-corrected chi connectivity index (χ0v) is 11.6. The van der Waals surface area contributed by atoms with E-state index in [0.29, 0.717) is 25.4 Å². The molecule has 0 unspecified atom stereocenters. The van der Waals surface area contributed by atoms with Crippen LogP contribution in [0.2, 0.25) is 0 Å². The van der Waals surface area contributed by atoms with Crippen LogP contribution in [0.25, 0.3) is 0 Å². The molecule has 0 fully saturated rings. The van der Waals surface area contributed by atoms with Crippen molar-refractivity contribution in [3.05, 3.63) is 24.3 Å². The number of nitrogens with one attached hydrogen (secondary N) is 2. The van der Waals surface area contributed by atoms with Crippen LogP contribution >= 0.6 is 0 Å². The molecule has 2 N–H and O–H groups in total. The summed E-state index contributed by atoms with van der Waals surface area (Å²) in [6.45, 7) is 3.61. The van der Waals surface area contributed by atoms with Gasteiger partial charge in [-0.05, 0) is 37.7 Å². The lowest BCUT2D eigenvalue weighted by molar-refractivity contribution is 0.317. The molecular weight excluding hydrogens is 252 g/mol. The van der Waals surface area contributed by atoms with Gasteiger partial charge < -0.3 is 10.1 Å². The van der Waals surface area contributed by atoms with Crippen LogP contribution in [0.3, 0.4) is 0 Å². The average Bonchev–Trinajstić information content (AvgIpc) is 2.37. The Kier molecular flexibility index (Phi) is 6.11. The van der Waals surface area contributed by atoms with E-state index >= 15 is 0 Å². The van der Waals surface area contributed by atoms with Crippen molar-refractivity contribution in [3.63, 3.8) is 0 Å². The van der Waals surface area contributed by atoms with Gasteiger partial charge in [0, 0.05) is 13.1 Å². The van der Waals surface area contributed by atoms with Gasteiger partial charge in [0.1, 0.15) is 5.75 Å². The Hall–Kier alpha value is -1.11. The van der Waals surface area contributed by atoms with Gasteiger partial charge in [0.15, 0.2) is 0 Å². The average molecular weight is 272 g/mol. The molecule has 0 aliphatic heterocycles. The quantitative estimate of drug-likeness (QED) is 0.692. The second-order valence-corrected chi connectivity index (χ2v) is 5.59. The summed E-state index contributed by atoms with van der Waals surface area (Å²) in [5.41, 5.74) is 0. The first-order chi connectivity index (χ1) is 8.60. The maximum atomic E-state index is 11.9. The fraction of sp³-hybridized carbons (Fsp3) is 0.500. The van der Waals surface area contributed by atoms with E-state index in [1.54, 1.807) is 31.3 Å². The second kappa shape index (κ2) is 7.35. The number of hydrogen-bond donors (Lipinski definition) is 2.